The molecule has 0 amide bonds. The van der Waals surface area contributed by atoms with Crippen LogP contribution in [0.4, 0.5) is 0 Å². The lowest BCUT2D eigenvalue weighted by molar-refractivity contribution is 0.101. The zero-order valence-electron chi connectivity index (χ0n) is 9.87. The zero-order chi connectivity index (χ0) is 12.1. The monoisotopic (exact) mass is 223 g/mol. The van der Waals surface area contributed by atoms with Gasteiger partial charge in [-0.3, -0.25) is 4.79 Å². The quantitative estimate of drug-likeness (QED) is 0.767. The van der Waals surface area contributed by atoms with E-state index in [9.17, 15) is 4.79 Å². The van der Waals surface area contributed by atoms with Crippen molar-refractivity contribution in [3.8, 4) is 11.5 Å². The van der Waals surface area contributed by atoms with Crippen LogP contribution < -0.4 is 15.2 Å². The average molecular weight is 223 g/mol. The molecule has 88 valence electrons. The number of ketones is 1. The number of nitrogens with two attached hydrogens (primary N) is 1. The third-order valence-corrected chi connectivity index (χ3v) is 2.40. The van der Waals surface area contributed by atoms with Gasteiger partial charge in [0.05, 0.1) is 19.8 Å². The fraction of sp³-hybridized carbons (Fsp3) is 0.417. The van der Waals surface area contributed by atoms with E-state index < -0.39 is 0 Å². The molecule has 0 radical (unpaired) electrons. The van der Waals surface area contributed by atoms with E-state index in [1.54, 1.807) is 20.3 Å². The summed E-state index contributed by atoms with van der Waals surface area (Å²) in [5, 5.41) is 0. The molecule has 0 aliphatic rings. The summed E-state index contributed by atoms with van der Waals surface area (Å²) < 4.78 is 10.4. The Kier molecular flexibility index (Phi) is 4.31. The second-order valence-corrected chi connectivity index (χ2v) is 3.46. The maximum Gasteiger partial charge on any atom is 0.163 e. The smallest absolute Gasteiger partial charge is 0.163 e. The van der Waals surface area contributed by atoms with Gasteiger partial charge in [-0.2, -0.15) is 0 Å². The lowest BCUT2D eigenvalue weighted by Crippen LogP contribution is -2.06. The summed E-state index contributed by atoms with van der Waals surface area (Å²) >= 11 is 0. The number of ether oxygens (including phenoxy) is 2. The van der Waals surface area contributed by atoms with Gasteiger partial charge >= 0.3 is 0 Å². The number of hydrogen-bond acceptors (Lipinski definition) is 4. The van der Waals surface area contributed by atoms with E-state index in [4.69, 9.17) is 15.2 Å². The van der Waals surface area contributed by atoms with Crippen LogP contribution in [0.25, 0.3) is 0 Å². The summed E-state index contributed by atoms with van der Waals surface area (Å²) in [6.45, 7) is 2.03. The summed E-state index contributed by atoms with van der Waals surface area (Å²) in [5.74, 6) is 1.20. The molecule has 1 aromatic carbocycles. The Hall–Kier alpha value is -1.55. The first-order valence-electron chi connectivity index (χ1n) is 5.10. The van der Waals surface area contributed by atoms with Crippen LogP contribution in [0.15, 0.2) is 12.1 Å². The van der Waals surface area contributed by atoms with Crippen LogP contribution in [0.1, 0.15) is 22.8 Å². The highest BCUT2D eigenvalue weighted by Crippen LogP contribution is 2.29. The molecular formula is C12H17NO3. The lowest BCUT2D eigenvalue weighted by Gasteiger charge is -2.12. The maximum atomic E-state index is 11.4. The van der Waals surface area contributed by atoms with Gasteiger partial charge in [0.1, 0.15) is 11.5 Å². The molecule has 0 aromatic heterocycles. The van der Waals surface area contributed by atoms with Crippen molar-refractivity contribution in [3.63, 3.8) is 0 Å². The van der Waals surface area contributed by atoms with E-state index >= 15 is 0 Å². The van der Waals surface area contributed by atoms with Gasteiger partial charge in [-0.25, -0.2) is 0 Å². The predicted octanol–water partition coefficient (Wildman–Crippen LogP) is 1.41. The van der Waals surface area contributed by atoms with Crippen LogP contribution in [0.2, 0.25) is 0 Å². The second-order valence-electron chi connectivity index (χ2n) is 3.46. The molecule has 2 N–H and O–H groups in total. The van der Waals surface area contributed by atoms with Crippen molar-refractivity contribution in [2.75, 3.05) is 20.8 Å². The van der Waals surface area contributed by atoms with Crippen molar-refractivity contribution < 1.29 is 14.3 Å². The summed E-state index contributed by atoms with van der Waals surface area (Å²) in [6, 6.07) is 3.51. The van der Waals surface area contributed by atoms with E-state index in [0.29, 0.717) is 30.0 Å². The third-order valence-electron chi connectivity index (χ3n) is 2.40. The summed E-state index contributed by atoms with van der Waals surface area (Å²) in [5.41, 5.74) is 6.99. The predicted molar refractivity (Wildman–Crippen MR) is 62.3 cm³/mol. The van der Waals surface area contributed by atoms with Crippen LogP contribution in [-0.2, 0) is 6.42 Å². The molecule has 4 heteroatoms. The van der Waals surface area contributed by atoms with E-state index in [-0.39, 0.29) is 5.78 Å². The Bertz CT molecular complexity index is 388. The summed E-state index contributed by atoms with van der Waals surface area (Å²) in [6.07, 6.45) is 0.692. The van der Waals surface area contributed by atoms with Crippen molar-refractivity contribution in [2.24, 2.45) is 5.73 Å². The summed E-state index contributed by atoms with van der Waals surface area (Å²) in [4.78, 5) is 11.4. The topological polar surface area (TPSA) is 61.5 Å². The number of carbonyl (C=O) groups is 1. The molecule has 0 heterocycles. The average Bonchev–Trinajstić information content (AvgIpc) is 2.28. The maximum absolute atomic E-state index is 11.4. The lowest BCUT2D eigenvalue weighted by atomic mass is 10.0. The number of benzene rings is 1. The highest BCUT2D eigenvalue weighted by molar-refractivity contribution is 5.97. The molecule has 0 atom stereocenters. The Labute approximate surface area is 95.3 Å². The van der Waals surface area contributed by atoms with E-state index in [2.05, 4.69) is 0 Å². The Morgan fingerprint density at radius 1 is 1.25 bits per heavy atom. The molecular weight excluding hydrogens is 206 g/mol. The SMILES string of the molecule is COc1cc(C(C)=O)c(OC)cc1CCN. The first-order valence-corrected chi connectivity index (χ1v) is 5.10. The molecule has 0 saturated carbocycles. The van der Waals surface area contributed by atoms with Crippen molar-refractivity contribution in [1.29, 1.82) is 0 Å². The normalized spacial score (nSPS) is 10.0. The molecule has 0 bridgehead atoms. The van der Waals surface area contributed by atoms with Crippen molar-refractivity contribution in [1.82, 2.24) is 0 Å². The second kappa shape index (κ2) is 5.51. The van der Waals surface area contributed by atoms with Gasteiger partial charge in [0.2, 0.25) is 0 Å². The highest BCUT2D eigenvalue weighted by atomic mass is 16.5. The standard InChI is InChI=1S/C12H17NO3/c1-8(14)10-7-11(15-2)9(4-5-13)6-12(10)16-3/h6-7H,4-5,13H2,1-3H3. The first-order chi connectivity index (χ1) is 7.63. The van der Waals surface area contributed by atoms with Gasteiger partial charge in [-0.1, -0.05) is 0 Å². The molecule has 0 aliphatic carbocycles. The molecule has 16 heavy (non-hydrogen) atoms. The minimum atomic E-state index is -0.0468. The number of hydrogen-bond donors (Lipinski definition) is 1. The van der Waals surface area contributed by atoms with Gasteiger partial charge in [0.15, 0.2) is 5.78 Å². The highest BCUT2D eigenvalue weighted by Gasteiger charge is 2.13. The molecule has 1 aromatic rings. The van der Waals surface area contributed by atoms with Crippen LogP contribution >= 0.6 is 0 Å². The molecule has 0 spiro atoms. The molecule has 1 rings (SSSR count). The van der Waals surface area contributed by atoms with Crippen molar-refractivity contribution in [3.05, 3.63) is 23.3 Å². The number of methoxy groups -OCH3 is 2. The van der Waals surface area contributed by atoms with Crippen LogP contribution in [-0.4, -0.2) is 26.5 Å². The minimum Gasteiger partial charge on any atom is -0.496 e. The zero-order valence-corrected chi connectivity index (χ0v) is 9.87. The largest absolute Gasteiger partial charge is 0.496 e. The van der Waals surface area contributed by atoms with Gasteiger partial charge in [-0.15, -0.1) is 0 Å². The Balaban J connectivity index is 3.28. The fourth-order valence-electron chi connectivity index (χ4n) is 1.59. The van der Waals surface area contributed by atoms with E-state index in [0.717, 1.165) is 5.56 Å². The van der Waals surface area contributed by atoms with Crippen LogP contribution in [0.5, 0.6) is 11.5 Å². The van der Waals surface area contributed by atoms with Gasteiger partial charge < -0.3 is 15.2 Å². The first kappa shape index (κ1) is 12.5. The van der Waals surface area contributed by atoms with E-state index in [1.165, 1.54) is 6.92 Å². The molecule has 4 nitrogen and oxygen atoms in total. The van der Waals surface area contributed by atoms with Crippen molar-refractivity contribution in [2.45, 2.75) is 13.3 Å². The number of Topliss-reactive ketones (excluding diaryl/α,β-unsaturated/α-hetero) is 1. The van der Waals surface area contributed by atoms with Crippen molar-refractivity contribution >= 4 is 5.78 Å². The Morgan fingerprint density at radius 3 is 2.31 bits per heavy atom. The number of rotatable bonds is 5. The number of carbonyl (C=O) groups excluding carboxylic acids is 1. The Morgan fingerprint density at radius 2 is 1.88 bits per heavy atom. The molecule has 0 saturated heterocycles. The van der Waals surface area contributed by atoms with Crippen LogP contribution in [0.3, 0.4) is 0 Å². The third kappa shape index (κ3) is 2.52. The van der Waals surface area contributed by atoms with Crippen LogP contribution in [0, 0.1) is 0 Å². The molecule has 0 aliphatic heterocycles. The molecule has 0 unspecified atom stereocenters. The van der Waals surface area contributed by atoms with Gasteiger partial charge in [0, 0.05) is 0 Å². The fourth-order valence-corrected chi connectivity index (χ4v) is 1.59. The van der Waals surface area contributed by atoms with Gasteiger partial charge in [0.25, 0.3) is 0 Å². The minimum absolute atomic E-state index is 0.0468. The van der Waals surface area contributed by atoms with Gasteiger partial charge in [-0.05, 0) is 37.6 Å². The van der Waals surface area contributed by atoms with E-state index in [1.807, 2.05) is 6.07 Å². The summed E-state index contributed by atoms with van der Waals surface area (Å²) in [7, 11) is 3.12. The molecule has 0 fully saturated rings.